The summed E-state index contributed by atoms with van der Waals surface area (Å²) in [6, 6.07) is 7.87. The second-order valence-electron chi connectivity index (χ2n) is 6.07. The third-order valence-corrected chi connectivity index (χ3v) is 2.94. The molecule has 0 aliphatic carbocycles. The number of carbonyl (C=O) groups excluding carboxylic acids is 1. The predicted molar refractivity (Wildman–Crippen MR) is 88.1 cm³/mol. The summed E-state index contributed by atoms with van der Waals surface area (Å²) in [5.41, 5.74) is 0.938. The Morgan fingerprint density at radius 2 is 1.77 bits per heavy atom. The number of hydrogen-bond acceptors (Lipinski definition) is 4. The zero-order chi connectivity index (χ0) is 16.5. The van der Waals surface area contributed by atoms with Gasteiger partial charge < -0.3 is 20.5 Å². The average Bonchev–Trinajstić information content (AvgIpc) is 2.43. The van der Waals surface area contributed by atoms with Gasteiger partial charge in [0, 0.05) is 18.6 Å². The molecule has 1 atom stereocenters. The fourth-order valence-electron chi connectivity index (χ4n) is 1.89. The number of amides is 1. The lowest BCUT2D eigenvalue weighted by Gasteiger charge is -2.15. The molecule has 124 valence electrons. The van der Waals surface area contributed by atoms with Gasteiger partial charge in [0.2, 0.25) is 5.91 Å². The summed E-state index contributed by atoms with van der Waals surface area (Å²) >= 11 is 0. The van der Waals surface area contributed by atoms with Crippen molar-refractivity contribution in [2.24, 2.45) is 0 Å². The molecule has 0 saturated heterocycles. The topological polar surface area (TPSA) is 70.6 Å². The predicted octanol–water partition coefficient (Wildman–Crippen LogP) is 1.49. The van der Waals surface area contributed by atoms with E-state index in [1.54, 1.807) is 0 Å². The van der Waals surface area contributed by atoms with E-state index in [4.69, 9.17) is 4.74 Å². The molecule has 22 heavy (non-hydrogen) atoms. The molecular weight excluding hydrogens is 280 g/mol. The van der Waals surface area contributed by atoms with Gasteiger partial charge in [-0.25, -0.2) is 0 Å². The molecule has 0 bridgehead atoms. The monoisotopic (exact) mass is 308 g/mol. The maximum absolute atomic E-state index is 11.7. The van der Waals surface area contributed by atoms with Crippen molar-refractivity contribution < 1.29 is 14.6 Å². The van der Waals surface area contributed by atoms with Crippen LogP contribution in [0.4, 0.5) is 0 Å². The van der Waals surface area contributed by atoms with Crippen molar-refractivity contribution in [2.45, 2.75) is 52.3 Å². The van der Waals surface area contributed by atoms with E-state index < -0.39 is 6.10 Å². The highest BCUT2D eigenvalue weighted by atomic mass is 16.5. The zero-order valence-corrected chi connectivity index (χ0v) is 13.9. The number of aliphatic hydroxyl groups excluding tert-OH is 1. The quantitative estimate of drug-likeness (QED) is 0.646. The summed E-state index contributed by atoms with van der Waals surface area (Å²) in [6.07, 6.45) is -0.182. The van der Waals surface area contributed by atoms with Gasteiger partial charge in [-0.3, -0.25) is 4.79 Å². The SMILES string of the molecule is CC(C)NCC(O)COc1ccc(CC(=O)NC(C)C)cc1. The van der Waals surface area contributed by atoms with Crippen LogP contribution in [0, 0.1) is 0 Å². The Bertz CT molecular complexity index is 444. The van der Waals surface area contributed by atoms with Gasteiger partial charge in [0.05, 0.1) is 6.42 Å². The second kappa shape index (κ2) is 9.43. The lowest BCUT2D eigenvalue weighted by Crippen LogP contribution is -2.35. The van der Waals surface area contributed by atoms with Gasteiger partial charge in [-0.05, 0) is 31.5 Å². The number of ether oxygens (including phenoxy) is 1. The highest BCUT2D eigenvalue weighted by Gasteiger charge is 2.07. The van der Waals surface area contributed by atoms with Gasteiger partial charge in [0.25, 0.3) is 0 Å². The number of aliphatic hydroxyl groups is 1. The maximum atomic E-state index is 11.7. The Balaban J connectivity index is 2.37. The van der Waals surface area contributed by atoms with E-state index in [2.05, 4.69) is 10.6 Å². The fraction of sp³-hybridized carbons (Fsp3) is 0.588. The van der Waals surface area contributed by atoms with Gasteiger partial charge >= 0.3 is 0 Å². The van der Waals surface area contributed by atoms with E-state index in [9.17, 15) is 9.90 Å². The molecule has 0 aliphatic rings. The van der Waals surface area contributed by atoms with Crippen molar-refractivity contribution >= 4 is 5.91 Å². The molecule has 1 unspecified atom stereocenters. The van der Waals surface area contributed by atoms with Gasteiger partial charge in [-0.1, -0.05) is 26.0 Å². The second-order valence-corrected chi connectivity index (χ2v) is 6.07. The molecule has 0 radical (unpaired) electrons. The smallest absolute Gasteiger partial charge is 0.224 e. The van der Waals surface area contributed by atoms with Gasteiger partial charge in [0.1, 0.15) is 18.5 Å². The van der Waals surface area contributed by atoms with Crippen LogP contribution in [0.25, 0.3) is 0 Å². The van der Waals surface area contributed by atoms with Crippen LogP contribution in [0.15, 0.2) is 24.3 Å². The molecule has 5 nitrogen and oxygen atoms in total. The zero-order valence-electron chi connectivity index (χ0n) is 13.9. The van der Waals surface area contributed by atoms with E-state index in [-0.39, 0.29) is 18.6 Å². The summed E-state index contributed by atoms with van der Waals surface area (Å²) in [7, 11) is 0. The highest BCUT2D eigenvalue weighted by Crippen LogP contribution is 2.13. The Morgan fingerprint density at radius 1 is 1.14 bits per heavy atom. The van der Waals surface area contributed by atoms with Crippen LogP contribution in [0.2, 0.25) is 0 Å². The number of nitrogens with one attached hydrogen (secondary N) is 2. The van der Waals surface area contributed by atoms with Crippen molar-refractivity contribution in [3.8, 4) is 5.75 Å². The number of carbonyl (C=O) groups is 1. The number of benzene rings is 1. The molecule has 0 aliphatic heterocycles. The standard InChI is InChI=1S/C17H28N2O3/c1-12(2)18-10-15(20)11-22-16-7-5-14(6-8-16)9-17(21)19-13(3)4/h5-8,12-13,15,18,20H,9-11H2,1-4H3,(H,19,21). The molecular formula is C17H28N2O3. The average molecular weight is 308 g/mol. The molecule has 3 N–H and O–H groups in total. The molecule has 1 aromatic rings. The van der Waals surface area contributed by atoms with Crippen LogP contribution >= 0.6 is 0 Å². The molecule has 0 aromatic heterocycles. The third kappa shape index (κ3) is 8.00. The van der Waals surface area contributed by atoms with Gasteiger partial charge in [0.15, 0.2) is 0 Å². The Kier molecular flexibility index (Phi) is 7.91. The summed E-state index contributed by atoms with van der Waals surface area (Å²) in [6.45, 7) is 8.68. The van der Waals surface area contributed by atoms with Gasteiger partial charge in [-0.15, -0.1) is 0 Å². The molecule has 0 spiro atoms. The van der Waals surface area contributed by atoms with Gasteiger partial charge in [-0.2, -0.15) is 0 Å². The maximum Gasteiger partial charge on any atom is 0.224 e. The minimum Gasteiger partial charge on any atom is -0.491 e. The first-order chi connectivity index (χ1) is 10.4. The normalized spacial score (nSPS) is 12.5. The van der Waals surface area contributed by atoms with E-state index in [0.29, 0.717) is 24.8 Å². The van der Waals surface area contributed by atoms with Crippen LogP contribution < -0.4 is 15.4 Å². The summed E-state index contributed by atoms with van der Waals surface area (Å²) in [5, 5.41) is 15.8. The molecule has 0 heterocycles. The van der Waals surface area contributed by atoms with Crippen LogP contribution in [0.1, 0.15) is 33.3 Å². The summed E-state index contributed by atoms with van der Waals surface area (Å²) in [5.74, 6) is 0.704. The van der Waals surface area contributed by atoms with E-state index in [1.807, 2.05) is 52.0 Å². The molecule has 0 saturated carbocycles. The van der Waals surface area contributed by atoms with Crippen LogP contribution in [-0.2, 0) is 11.2 Å². The molecule has 1 amide bonds. The third-order valence-electron chi connectivity index (χ3n) is 2.94. The fourth-order valence-corrected chi connectivity index (χ4v) is 1.89. The molecule has 5 heteroatoms. The summed E-state index contributed by atoms with van der Waals surface area (Å²) in [4.78, 5) is 11.7. The Morgan fingerprint density at radius 3 is 2.32 bits per heavy atom. The first kappa shape index (κ1) is 18.5. The summed E-state index contributed by atoms with van der Waals surface area (Å²) < 4.78 is 5.53. The van der Waals surface area contributed by atoms with E-state index >= 15 is 0 Å². The number of hydrogen-bond donors (Lipinski definition) is 3. The van der Waals surface area contributed by atoms with Crippen molar-refractivity contribution in [3.05, 3.63) is 29.8 Å². The van der Waals surface area contributed by atoms with E-state index in [0.717, 1.165) is 5.56 Å². The van der Waals surface area contributed by atoms with Crippen molar-refractivity contribution in [2.75, 3.05) is 13.2 Å². The van der Waals surface area contributed by atoms with E-state index in [1.165, 1.54) is 0 Å². The Hall–Kier alpha value is -1.59. The van der Waals surface area contributed by atoms with Crippen molar-refractivity contribution in [1.29, 1.82) is 0 Å². The first-order valence-corrected chi connectivity index (χ1v) is 7.79. The van der Waals surface area contributed by atoms with Crippen molar-refractivity contribution in [1.82, 2.24) is 10.6 Å². The Labute approximate surface area is 133 Å². The van der Waals surface area contributed by atoms with Crippen molar-refractivity contribution in [3.63, 3.8) is 0 Å². The molecule has 1 rings (SSSR count). The van der Waals surface area contributed by atoms with Crippen LogP contribution in [0.5, 0.6) is 5.75 Å². The first-order valence-electron chi connectivity index (χ1n) is 7.79. The van der Waals surface area contributed by atoms with Crippen LogP contribution in [-0.4, -0.2) is 42.4 Å². The minimum atomic E-state index is -0.543. The number of rotatable bonds is 9. The minimum absolute atomic E-state index is 0.0128. The van der Waals surface area contributed by atoms with Crippen LogP contribution in [0.3, 0.4) is 0 Å². The lowest BCUT2D eigenvalue weighted by molar-refractivity contribution is -0.120. The molecule has 1 aromatic carbocycles. The molecule has 0 fully saturated rings. The largest absolute Gasteiger partial charge is 0.491 e. The highest BCUT2D eigenvalue weighted by molar-refractivity contribution is 5.78. The lowest BCUT2D eigenvalue weighted by atomic mass is 10.1.